The quantitative estimate of drug-likeness (QED) is 0.625. The first-order valence-corrected chi connectivity index (χ1v) is 4.13. The van der Waals surface area contributed by atoms with Gasteiger partial charge in [-0.2, -0.15) is 5.26 Å². The fourth-order valence-electron chi connectivity index (χ4n) is 0.669. The molecule has 0 aliphatic carbocycles. The molecule has 0 aliphatic heterocycles. The van der Waals surface area contributed by atoms with Crippen molar-refractivity contribution in [1.29, 1.82) is 5.26 Å². The Hall–Kier alpha value is -0.550. The molecule has 0 saturated heterocycles. The van der Waals surface area contributed by atoms with Crippen molar-refractivity contribution in [2.75, 3.05) is 0 Å². The minimum atomic E-state index is -0.245. The molecule has 0 aromatic rings. The number of hydrogen-bond donors (Lipinski definition) is 0. The smallest absolute Gasteiger partial charge is 0.144 e. The molecule has 0 radical (unpaired) electrons. The fraction of sp³-hybridized carbons (Fsp3) is 0.889. The van der Waals surface area contributed by atoms with Crippen molar-refractivity contribution in [3.8, 4) is 6.07 Å². The van der Waals surface area contributed by atoms with Gasteiger partial charge in [-0.3, -0.25) is 0 Å². The zero-order valence-corrected chi connectivity index (χ0v) is 7.85. The summed E-state index contributed by atoms with van der Waals surface area (Å²) in [7, 11) is 0. The van der Waals surface area contributed by atoms with Crippen molar-refractivity contribution in [2.24, 2.45) is 0 Å². The SMILES string of the molecule is CCC(C#N)OC(C)(C)CC. The number of ether oxygens (including phenoxy) is 1. The summed E-state index contributed by atoms with van der Waals surface area (Å²) in [6.45, 7) is 8.03. The Morgan fingerprint density at radius 3 is 2.27 bits per heavy atom. The van der Waals surface area contributed by atoms with Crippen LogP contribution in [0.1, 0.15) is 40.5 Å². The molecular formula is C9H17NO. The molecule has 64 valence electrons. The zero-order valence-electron chi connectivity index (χ0n) is 7.85. The van der Waals surface area contributed by atoms with E-state index in [0.29, 0.717) is 0 Å². The topological polar surface area (TPSA) is 33.0 Å². The highest BCUT2D eigenvalue weighted by Crippen LogP contribution is 2.17. The minimum Gasteiger partial charge on any atom is -0.357 e. The average molecular weight is 155 g/mol. The largest absolute Gasteiger partial charge is 0.357 e. The summed E-state index contributed by atoms with van der Waals surface area (Å²) in [5.41, 5.74) is -0.156. The van der Waals surface area contributed by atoms with E-state index in [0.717, 1.165) is 12.8 Å². The van der Waals surface area contributed by atoms with Crippen molar-refractivity contribution in [2.45, 2.75) is 52.2 Å². The van der Waals surface area contributed by atoms with E-state index in [-0.39, 0.29) is 11.7 Å². The molecule has 2 nitrogen and oxygen atoms in total. The maximum atomic E-state index is 8.61. The van der Waals surface area contributed by atoms with Crippen molar-refractivity contribution in [1.82, 2.24) is 0 Å². The second-order valence-electron chi connectivity index (χ2n) is 3.26. The molecule has 11 heavy (non-hydrogen) atoms. The first-order chi connectivity index (χ1) is 5.05. The highest BCUT2D eigenvalue weighted by atomic mass is 16.5. The molecule has 0 saturated carbocycles. The summed E-state index contributed by atoms with van der Waals surface area (Å²) >= 11 is 0. The van der Waals surface area contributed by atoms with E-state index in [2.05, 4.69) is 13.0 Å². The van der Waals surface area contributed by atoms with E-state index in [1.165, 1.54) is 0 Å². The van der Waals surface area contributed by atoms with Crippen LogP contribution in [0, 0.1) is 11.3 Å². The van der Waals surface area contributed by atoms with Crippen LogP contribution in [0.5, 0.6) is 0 Å². The van der Waals surface area contributed by atoms with E-state index in [1.807, 2.05) is 20.8 Å². The lowest BCUT2D eigenvalue weighted by atomic mass is 10.1. The van der Waals surface area contributed by atoms with Crippen LogP contribution in [0.15, 0.2) is 0 Å². The third kappa shape index (κ3) is 4.00. The van der Waals surface area contributed by atoms with Gasteiger partial charge in [0.25, 0.3) is 0 Å². The molecule has 0 fully saturated rings. The Morgan fingerprint density at radius 2 is 2.00 bits per heavy atom. The molecule has 0 rings (SSSR count). The van der Waals surface area contributed by atoms with E-state index in [9.17, 15) is 0 Å². The summed E-state index contributed by atoms with van der Waals surface area (Å²) in [6.07, 6.45) is 1.45. The Morgan fingerprint density at radius 1 is 1.45 bits per heavy atom. The Labute approximate surface area is 69.2 Å². The van der Waals surface area contributed by atoms with Gasteiger partial charge >= 0.3 is 0 Å². The lowest BCUT2D eigenvalue weighted by molar-refractivity contribution is -0.0507. The predicted molar refractivity (Wildman–Crippen MR) is 45.1 cm³/mol. The lowest BCUT2D eigenvalue weighted by Gasteiger charge is -2.25. The maximum Gasteiger partial charge on any atom is 0.144 e. The first-order valence-electron chi connectivity index (χ1n) is 4.13. The molecule has 0 aromatic carbocycles. The van der Waals surface area contributed by atoms with E-state index < -0.39 is 0 Å². The van der Waals surface area contributed by atoms with Crippen molar-refractivity contribution >= 4 is 0 Å². The molecule has 0 N–H and O–H groups in total. The zero-order chi connectivity index (χ0) is 8.91. The Kier molecular flexibility index (Phi) is 4.14. The molecule has 0 spiro atoms. The average Bonchev–Trinajstić information content (AvgIpc) is 2.00. The van der Waals surface area contributed by atoms with Crippen molar-refractivity contribution < 1.29 is 4.74 Å². The molecule has 0 heterocycles. The molecule has 2 heteroatoms. The number of rotatable bonds is 4. The Bertz CT molecular complexity index is 146. The lowest BCUT2D eigenvalue weighted by Crippen LogP contribution is -2.28. The monoisotopic (exact) mass is 155 g/mol. The summed E-state index contributed by atoms with van der Waals surface area (Å²) in [4.78, 5) is 0. The molecule has 0 aromatic heterocycles. The summed E-state index contributed by atoms with van der Waals surface area (Å²) < 4.78 is 5.52. The van der Waals surface area contributed by atoms with Crippen LogP contribution in [-0.2, 0) is 4.74 Å². The first kappa shape index (κ1) is 10.4. The second-order valence-corrected chi connectivity index (χ2v) is 3.26. The van der Waals surface area contributed by atoms with Crippen LogP contribution in [0.4, 0.5) is 0 Å². The van der Waals surface area contributed by atoms with Gasteiger partial charge in [0.05, 0.1) is 11.7 Å². The highest BCUT2D eigenvalue weighted by molar-refractivity contribution is 4.85. The van der Waals surface area contributed by atoms with Crippen LogP contribution in [0.3, 0.4) is 0 Å². The summed E-state index contributed by atoms with van der Waals surface area (Å²) in [6, 6.07) is 2.12. The summed E-state index contributed by atoms with van der Waals surface area (Å²) in [5, 5.41) is 8.61. The standard InChI is InChI=1S/C9H17NO/c1-5-8(7-10)11-9(3,4)6-2/h8H,5-6H2,1-4H3. The van der Waals surface area contributed by atoms with Gasteiger partial charge in [0.1, 0.15) is 6.10 Å². The third-order valence-corrected chi connectivity index (χ3v) is 1.83. The molecule has 1 atom stereocenters. The second kappa shape index (κ2) is 4.35. The van der Waals surface area contributed by atoms with Crippen LogP contribution in [-0.4, -0.2) is 11.7 Å². The predicted octanol–water partition coefficient (Wildman–Crippen LogP) is 2.49. The van der Waals surface area contributed by atoms with Crippen molar-refractivity contribution in [3.63, 3.8) is 0 Å². The van der Waals surface area contributed by atoms with Crippen LogP contribution >= 0.6 is 0 Å². The van der Waals surface area contributed by atoms with Gasteiger partial charge in [0.2, 0.25) is 0 Å². The van der Waals surface area contributed by atoms with E-state index in [4.69, 9.17) is 10.00 Å². The molecule has 0 bridgehead atoms. The number of nitriles is 1. The van der Waals surface area contributed by atoms with Gasteiger partial charge in [-0.05, 0) is 26.7 Å². The Balaban J connectivity index is 3.92. The molecular weight excluding hydrogens is 138 g/mol. The molecule has 0 amide bonds. The normalized spacial score (nSPS) is 14.1. The molecule has 1 unspecified atom stereocenters. The van der Waals surface area contributed by atoms with E-state index >= 15 is 0 Å². The maximum absolute atomic E-state index is 8.61. The van der Waals surface area contributed by atoms with Gasteiger partial charge in [-0.15, -0.1) is 0 Å². The minimum absolute atomic E-state index is 0.156. The summed E-state index contributed by atoms with van der Waals surface area (Å²) in [5.74, 6) is 0. The van der Waals surface area contributed by atoms with Crippen LogP contribution in [0.2, 0.25) is 0 Å². The van der Waals surface area contributed by atoms with Crippen molar-refractivity contribution in [3.05, 3.63) is 0 Å². The third-order valence-electron chi connectivity index (χ3n) is 1.83. The number of hydrogen-bond acceptors (Lipinski definition) is 2. The van der Waals surface area contributed by atoms with Gasteiger partial charge in [0.15, 0.2) is 0 Å². The fourth-order valence-corrected chi connectivity index (χ4v) is 0.669. The van der Waals surface area contributed by atoms with Gasteiger partial charge in [0, 0.05) is 0 Å². The van der Waals surface area contributed by atoms with Gasteiger partial charge in [-0.1, -0.05) is 13.8 Å². The van der Waals surface area contributed by atoms with Gasteiger partial charge < -0.3 is 4.74 Å². The molecule has 0 aliphatic rings. The van der Waals surface area contributed by atoms with Crippen LogP contribution in [0.25, 0.3) is 0 Å². The van der Waals surface area contributed by atoms with Crippen LogP contribution < -0.4 is 0 Å². The van der Waals surface area contributed by atoms with E-state index in [1.54, 1.807) is 0 Å². The number of nitrogens with zero attached hydrogens (tertiary/aromatic N) is 1. The highest BCUT2D eigenvalue weighted by Gasteiger charge is 2.19. The van der Waals surface area contributed by atoms with Gasteiger partial charge in [-0.25, -0.2) is 0 Å².